The lowest BCUT2D eigenvalue weighted by atomic mass is 9.82. The van der Waals surface area contributed by atoms with Gasteiger partial charge in [-0.15, -0.1) is 0 Å². The van der Waals surface area contributed by atoms with E-state index in [0.717, 1.165) is 44.6 Å². The number of nitrogens with one attached hydrogen (secondary N) is 1. The summed E-state index contributed by atoms with van der Waals surface area (Å²) in [6.07, 6.45) is 5.37. The Kier molecular flexibility index (Phi) is 5.16. The molecule has 5 nitrogen and oxygen atoms in total. The molecule has 0 aromatic carbocycles. The maximum atomic E-state index is 12.2. The number of rotatable bonds is 4. The molecule has 0 aliphatic carbocycles. The highest BCUT2D eigenvalue weighted by molar-refractivity contribution is 5.68. The molecule has 1 amide bonds. The number of nitrogens with zero attached hydrogens (tertiary/aromatic N) is 1. The van der Waals surface area contributed by atoms with Crippen LogP contribution in [0.1, 0.15) is 46.1 Å². The number of ether oxygens (including phenoxy) is 1. The van der Waals surface area contributed by atoms with E-state index in [1.54, 1.807) is 12.5 Å². The summed E-state index contributed by atoms with van der Waals surface area (Å²) in [5.41, 5.74) is 0.784. The first-order valence-electron chi connectivity index (χ1n) is 7.97. The highest BCUT2D eigenvalue weighted by Crippen LogP contribution is 2.29. The summed E-state index contributed by atoms with van der Waals surface area (Å²) in [4.78, 5) is 14.1. The van der Waals surface area contributed by atoms with Crippen molar-refractivity contribution in [2.45, 2.75) is 52.7 Å². The molecular weight excluding hydrogens is 280 g/mol. The van der Waals surface area contributed by atoms with Gasteiger partial charge in [0.2, 0.25) is 0 Å². The highest BCUT2D eigenvalue weighted by Gasteiger charge is 2.34. The SMILES string of the molecule is CC1(CNCc2ccoc2)CCCN(C(=O)OC(C)(C)C)C1. The molecule has 5 heteroatoms. The lowest BCUT2D eigenvalue weighted by Gasteiger charge is -2.41. The zero-order valence-electron chi connectivity index (χ0n) is 14.1. The summed E-state index contributed by atoms with van der Waals surface area (Å²) in [6, 6.07) is 1.96. The van der Waals surface area contributed by atoms with E-state index >= 15 is 0 Å². The van der Waals surface area contributed by atoms with E-state index < -0.39 is 5.60 Å². The number of hydrogen-bond donors (Lipinski definition) is 1. The number of carbonyl (C=O) groups is 1. The van der Waals surface area contributed by atoms with Crippen molar-refractivity contribution in [3.63, 3.8) is 0 Å². The fourth-order valence-corrected chi connectivity index (χ4v) is 2.84. The first-order chi connectivity index (χ1) is 10.3. The lowest BCUT2D eigenvalue weighted by Crippen LogP contribution is -2.50. The molecule has 1 unspecified atom stereocenters. The third kappa shape index (κ3) is 5.05. The van der Waals surface area contributed by atoms with Crippen LogP contribution in [0, 0.1) is 5.41 Å². The number of amides is 1. The second kappa shape index (κ2) is 6.73. The summed E-state index contributed by atoms with van der Waals surface area (Å²) in [6.45, 7) is 11.1. The van der Waals surface area contributed by atoms with Gasteiger partial charge < -0.3 is 19.4 Å². The number of piperidine rings is 1. The first-order valence-corrected chi connectivity index (χ1v) is 7.97. The van der Waals surface area contributed by atoms with Gasteiger partial charge >= 0.3 is 6.09 Å². The molecule has 0 radical (unpaired) electrons. The number of carbonyl (C=O) groups excluding carboxylic acids is 1. The van der Waals surface area contributed by atoms with Crippen molar-refractivity contribution in [1.82, 2.24) is 10.2 Å². The third-order valence-corrected chi connectivity index (χ3v) is 3.89. The zero-order chi connectivity index (χ0) is 16.2. The first kappa shape index (κ1) is 16.9. The summed E-state index contributed by atoms with van der Waals surface area (Å²) in [5.74, 6) is 0. The van der Waals surface area contributed by atoms with Gasteiger partial charge in [0, 0.05) is 31.7 Å². The molecule has 124 valence electrons. The molecule has 1 N–H and O–H groups in total. The Morgan fingerprint density at radius 2 is 2.27 bits per heavy atom. The van der Waals surface area contributed by atoms with Crippen molar-refractivity contribution < 1.29 is 13.9 Å². The minimum Gasteiger partial charge on any atom is -0.472 e. The minimum absolute atomic E-state index is 0.0822. The zero-order valence-corrected chi connectivity index (χ0v) is 14.1. The van der Waals surface area contributed by atoms with Crippen molar-refractivity contribution in [2.24, 2.45) is 5.41 Å². The topological polar surface area (TPSA) is 54.7 Å². The van der Waals surface area contributed by atoms with Crippen LogP contribution in [0.25, 0.3) is 0 Å². The average Bonchev–Trinajstić information content (AvgIpc) is 2.90. The summed E-state index contributed by atoms with van der Waals surface area (Å²) in [5, 5.41) is 3.47. The number of likely N-dealkylation sites (tertiary alicyclic amines) is 1. The van der Waals surface area contributed by atoms with E-state index in [0.29, 0.717) is 0 Å². The van der Waals surface area contributed by atoms with Crippen molar-refractivity contribution in [1.29, 1.82) is 0 Å². The third-order valence-electron chi connectivity index (χ3n) is 3.89. The molecule has 1 aliphatic heterocycles. The van der Waals surface area contributed by atoms with Crippen LogP contribution in [0.2, 0.25) is 0 Å². The predicted octanol–water partition coefficient (Wildman–Crippen LogP) is 3.41. The monoisotopic (exact) mass is 308 g/mol. The molecule has 1 aromatic rings. The number of hydrogen-bond acceptors (Lipinski definition) is 4. The molecule has 1 fully saturated rings. The molecule has 2 heterocycles. The van der Waals surface area contributed by atoms with Gasteiger partial charge in [-0.1, -0.05) is 6.92 Å². The van der Waals surface area contributed by atoms with E-state index in [9.17, 15) is 4.79 Å². The van der Waals surface area contributed by atoms with Gasteiger partial charge in [-0.25, -0.2) is 4.79 Å². The van der Waals surface area contributed by atoms with E-state index in [1.165, 1.54) is 0 Å². The normalized spacial score (nSPS) is 22.6. The molecule has 0 saturated carbocycles. The molecule has 1 atom stereocenters. The molecule has 0 spiro atoms. The fraction of sp³-hybridized carbons (Fsp3) is 0.706. The summed E-state index contributed by atoms with van der Waals surface area (Å²) in [7, 11) is 0. The maximum absolute atomic E-state index is 12.2. The second-order valence-electron chi connectivity index (χ2n) is 7.55. The van der Waals surface area contributed by atoms with Crippen molar-refractivity contribution >= 4 is 6.09 Å². The van der Waals surface area contributed by atoms with Crippen LogP contribution in [-0.2, 0) is 11.3 Å². The molecule has 2 rings (SSSR count). The molecule has 22 heavy (non-hydrogen) atoms. The Morgan fingerprint density at radius 3 is 2.91 bits per heavy atom. The quantitative estimate of drug-likeness (QED) is 0.926. The van der Waals surface area contributed by atoms with Gasteiger partial charge in [0.25, 0.3) is 0 Å². The molecule has 0 bridgehead atoms. The Morgan fingerprint density at radius 1 is 1.50 bits per heavy atom. The Hall–Kier alpha value is -1.49. The van der Waals surface area contributed by atoms with Gasteiger partial charge in [-0.2, -0.15) is 0 Å². The Balaban J connectivity index is 1.84. The maximum Gasteiger partial charge on any atom is 0.410 e. The van der Waals surface area contributed by atoms with Gasteiger partial charge in [0.15, 0.2) is 0 Å². The molecule has 1 aliphatic rings. The van der Waals surface area contributed by atoms with Crippen LogP contribution in [-0.4, -0.2) is 36.2 Å². The predicted molar refractivity (Wildman–Crippen MR) is 85.6 cm³/mol. The average molecular weight is 308 g/mol. The van der Waals surface area contributed by atoms with E-state index in [-0.39, 0.29) is 11.5 Å². The largest absolute Gasteiger partial charge is 0.472 e. The lowest BCUT2D eigenvalue weighted by molar-refractivity contribution is 0.00675. The van der Waals surface area contributed by atoms with E-state index in [2.05, 4.69) is 12.2 Å². The second-order valence-corrected chi connectivity index (χ2v) is 7.55. The van der Waals surface area contributed by atoms with Crippen LogP contribution >= 0.6 is 0 Å². The molecular formula is C17H28N2O3. The highest BCUT2D eigenvalue weighted by atomic mass is 16.6. The van der Waals surface area contributed by atoms with Gasteiger partial charge in [-0.05, 0) is 45.1 Å². The fourth-order valence-electron chi connectivity index (χ4n) is 2.84. The Bertz CT molecular complexity index is 479. The molecule has 1 saturated heterocycles. The smallest absolute Gasteiger partial charge is 0.410 e. The van der Waals surface area contributed by atoms with E-state index in [1.807, 2.05) is 31.7 Å². The summed E-state index contributed by atoms with van der Waals surface area (Å²) >= 11 is 0. The van der Waals surface area contributed by atoms with Gasteiger partial charge in [0.1, 0.15) is 5.60 Å². The van der Waals surface area contributed by atoms with Crippen molar-refractivity contribution in [3.05, 3.63) is 24.2 Å². The van der Waals surface area contributed by atoms with Crippen molar-refractivity contribution in [2.75, 3.05) is 19.6 Å². The summed E-state index contributed by atoms with van der Waals surface area (Å²) < 4.78 is 10.6. The van der Waals surface area contributed by atoms with Crippen molar-refractivity contribution in [3.8, 4) is 0 Å². The standard InChI is InChI=1S/C17H28N2O3/c1-16(2,3)22-15(20)19-8-5-7-17(4,13-19)12-18-10-14-6-9-21-11-14/h6,9,11,18H,5,7-8,10,12-13H2,1-4H3. The van der Waals surface area contributed by atoms with Crippen LogP contribution in [0.15, 0.2) is 23.0 Å². The molecule has 1 aromatic heterocycles. The minimum atomic E-state index is -0.440. The van der Waals surface area contributed by atoms with Crippen LogP contribution in [0.3, 0.4) is 0 Å². The van der Waals surface area contributed by atoms with Gasteiger partial charge in [-0.3, -0.25) is 0 Å². The van der Waals surface area contributed by atoms with E-state index in [4.69, 9.17) is 9.15 Å². The van der Waals surface area contributed by atoms with Gasteiger partial charge in [0.05, 0.1) is 12.5 Å². The van der Waals surface area contributed by atoms with Crippen LogP contribution < -0.4 is 5.32 Å². The number of furan rings is 1. The van der Waals surface area contributed by atoms with Crippen LogP contribution in [0.5, 0.6) is 0 Å². The Labute approximate surface area is 133 Å². The van der Waals surface area contributed by atoms with Crippen LogP contribution in [0.4, 0.5) is 4.79 Å².